The molecule has 7 nitrogen and oxygen atoms in total. The van der Waals surface area contributed by atoms with Crippen molar-refractivity contribution in [1.29, 1.82) is 0 Å². The van der Waals surface area contributed by atoms with Gasteiger partial charge in [0.1, 0.15) is 6.33 Å². The fourth-order valence-electron chi connectivity index (χ4n) is 6.20. The summed E-state index contributed by atoms with van der Waals surface area (Å²) in [7, 11) is 0. The van der Waals surface area contributed by atoms with Crippen LogP contribution in [0.1, 0.15) is 60.9 Å². The number of hydrogen-bond donors (Lipinski definition) is 2. The van der Waals surface area contributed by atoms with Crippen LogP contribution in [0.5, 0.6) is 0 Å². The number of aromatic nitrogens is 4. The van der Waals surface area contributed by atoms with Gasteiger partial charge in [0.15, 0.2) is 5.65 Å². The van der Waals surface area contributed by atoms with E-state index >= 15 is 0 Å². The van der Waals surface area contributed by atoms with Crippen LogP contribution >= 0.6 is 11.3 Å². The van der Waals surface area contributed by atoms with Crippen molar-refractivity contribution in [2.75, 3.05) is 19.6 Å². The first-order valence-corrected chi connectivity index (χ1v) is 12.6. The highest BCUT2D eigenvalue weighted by Crippen LogP contribution is 2.53. The van der Waals surface area contributed by atoms with Crippen molar-refractivity contribution in [2.45, 2.75) is 51.9 Å². The van der Waals surface area contributed by atoms with Gasteiger partial charge in [0.25, 0.3) is 0 Å². The van der Waals surface area contributed by atoms with Gasteiger partial charge >= 0.3 is 0 Å². The van der Waals surface area contributed by atoms with E-state index in [1.165, 1.54) is 45.6 Å². The van der Waals surface area contributed by atoms with Crippen LogP contribution < -0.4 is 5.73 Å². The molecule has 2 fully saturated rings. The number of aryl methyl sites for hydroxylation is 1. The first-order valence-electron chi connectivity index (χ1n) is 11.8. The number of amides is 1. The Kier molecular flexibility index (Phi) is 4.68. The van der Waals surface area contributed by atoms with Crippen molar-refractivity contribution in [1.82, 2.24) is 24.5 Å². The molecule has 1 amide bonds. The fraction of sp³-hybridized carbons (Fsp3) is 0.480. The number of fused-ring (bicyclic) bond motifs is 2. The Labute approximate surface area is 197 Å². The maximum Gasteiger partial charge on any atom is 0.231 e. The third kappa shape index (κ3) is 3.38. The lowest BCUT2D eigenvalue weighted by atomic mass is 9.77. The minimum absolute atomic E-state index is 0.220. The zero-order chi connectivity index (χ0) is 22.9. The smallest absolute Gasteiger partial charge is 0.231 e. The lowest BCUT2D eigenvalue weighted by Gasteiger charge is -2.48. The van der Waals surface area contributed by atoms with E-state index in [2.05, 4.69) is 59.1 Å². The summed E-state index contributed by atoms with van der Waals surface area (Å²) >= 11 is 1.97. The van der Waals surface area contributed by atoms with Gasteiger partial charge in [-0.25, -0.2) is 9.50 Å². The normalized spacial score (nSPS) is 20.4. The molecule has 1 saturated heterocycles. The zero-order valence-corrected chi connectivity index (χ0v) is 20.2. The van der Waals surface area contributed by atoms with Gasteiger partial charge in [-0.2, -0.15) is 5.10 Å². The van der Waals surface area contributed by atoms with Crippen molar-refractivity contribution >= 4 is 33.1 Å². The second-order valence-corrected chi connectivity index (χ2v) is 11.5. The summed E-state index contributed by atoms with van der Waals surface area (Å²) in [5, 5.41) is 4.36. The van der Waals surface area contributed by atoms with E-state index in [9.17, 15) is 4.79 Å². The molecule has 1 unspecified atom stereocenters. The van der Waals surface area contributed by atoms with Gasteiger partial charge in [0.05, 0.1) is 22.5 Å². The Morgan fingerprint density at radius 2 is 2.18 bits per heavy atom. The van der Waals surface area contributed by atoms with E-state index in [-0.39, 0.29) is 5.91 Å². The number of primary amides is 1. The Balaban J connectivity index is 1.31. The fourth-order valence-corrected chi connectivity index (χ4v) is 7.65. The van der Waals surface area contributed by atoms with Crippen molar-refractivity contribution in [2.24, 2.45) is 11.1 Å². The minimum atomic E-state index is -0.220. The first-order chi connectivity index (χ1) is 15.8. The predicted octanol–water partition coefficient (Wildman–Crippen LogP) is 4.43. The highest BCUT2D eigenvalue weighted by atomic mass is 32.1. The molecule has 4 aromatic rings. The van der Waals surface area contributed by atoms with Gasteiger partial charge in [0.2, 0.25) is 5.91 Å². The SMILES string of the molecule is Cc1cc(-c2[nH]c3cc(C4CCC5(C4)CN(CC(N)=O)C5)sc3c2C(C)C)cn2ncnc12. The molecule has 5 heterocycles. The Bertz CT molecular complexity index is 1370. The van der Waals surface area contributed by atoms with Crippen LogP contribution in [0, 0.1) is 12.3 Å². The van der Waals surface area contributed by atoms with Gasteiger partial charge < -0.3 is 10.7 Å². The number of carbonyl (C=O) groups is 1. The molecule has 2 aliphatic rings. The van der Waals surface area contributed by atoms with Crippen molar-refractivity contribution in [3.63, 3.8) is 0 Å². The summed E-state index contributed by atoms with van der Waals surface area (Å²) < 4.78 is 3.25. The van der Waals surface area contributed by atoms with Crippen LogP contribution in [0.4, 0.5) is 0 Å². The first kappa shape index (κ1) is 20.9. The van der Waals surface area contributed by atoms with E-state index in [0.29, 0.717) is 23.8 Å². The predicted molar refractivity (Wildman–Crippen MR) is 132 cm³/mol. The molecule has 4 aromatic heterocycles. The third-order valence-corrected chi connectivity index (χ3v) is 8.88. The molecule has 1 aliphatic carbocycles. The molecule has 1 saturated carbocycles. The second-order valence-electron chi connectivity index (χ2n) is 10.5. The number of rotatable bonds is 5. The summed E-state index contributed by atoms with van der Waals surface area (Å²) in [6, 6.07) is 4.60. The second kappa shape index (κ2) is 7.40. The van der Waals surface area contributed by atoms with Crippen molar-refractivity contribution in [3.8, 4) is 11.3 Å². The summed E-state index contributed by atoms with van der Waals surface area (Å²) in [5.41, 5.74) is 12.8. The molecule has 1 aliphatic heterocycles. The topological polar surface area (TPSA) is 92.3 Å². The number of carbonyl (C=O) groups excluding carboxylic acids is 1. The van der Waals surface area contributed by atoms with Crippen molar-refractivity contribution < 1.29 is 4.79 Å². The quantitative estimate of drug-likeness (QED) is 0.459. The molecule has 8 heteroatoms. The average molecular weight is 463 g/mol. The van der Waals surface area contributed by atoms with Crippen LogP contribution in [0.25, 0.3) is 27.1 Å². The monoisotopic (exact) mass is 462 g/mol. The molecular formula is C25H30N6OS. The van der Waals surface area contributed by atoms with E-state index in [1.54, 1.807) is 6.33 Å². The number of thiophene rings is 1. The van der Waals surface area contributed by atoms with Crippen molar-refractivity contribution in [3.05, 3.63) is 40.7 Å². The standard InChI is InChI=1S/C25H30N6OS/c1-14(2)21-22(17-6-15(3)24-27-13-28-31(24)9-17)29-18-7-19(33-23(18)21)16-4-5-25(8-16)11-30(12-25)10-20(26)32/h6-7,9,13-14,16,29H,4-5,8,10-12H2,1-3H3,(H2,26,32). The largest absolute Gasteiger partial charge is 0.369 e. The molecular weight excluding hydrogens is 432 g/mol. The molecule has 0 bridgehead atoms. The number of pyridine rings is 1. The summed E-state index contributed by atoms with van der Waals surface area (Å²) in [6.07, 6.45) is 7.39. The number of nitrogens with one attached hydrogen (secondary N) is 1. The van der Waals surface area contributed by atoms with Crippen LogP contribution in [-0.4, -0.2) is 50.0 Å². The highest BCUT2D eigenvalue weighted by molar-refractivity contribution is 7.19. The van der Waals surface area contributed by atoms with Crippen LogP contribution in [0.15, 0.2) is 24.7 Å². The molecule has 0 aromatic carbocycles. The summed E-state index contributed by atoms with van der Waals surface area (Å²) in [6.45, 7) is 9.07. The third-order valence-electron chi connectivity index (χ3n) is 7.55. The Morgan fingerprint density at radius 1 is 1.36 bits per heavy atom. The van der Waals surface area contributed by atoms with Gasteiger partial charge in [-0.05, 0) is 66.7 Å². The lowest BCUT2D eigenvalue weighted by Crippen LogP contribution is -2.57. The van der Waals surface area contributed by atoms with E-state index in [0.717, 1.165) is 29.9 Å². The van der Waals surface area contributed by atoms with Gasteiger partial charge in [-0.3, -0.25) is 9.69 Å². The van der Waals surface area contributed by atoms with E-state index in [4.69, 9.17) is 5.73 Å². The Morgan fingerprint density at radius 3 is 2.94 bits per heavy atom. The molecule has 0 radical (unpaired) electrons. The van der Waals surface area contributed by atoms with Crippen LogP contribution in [0.3, 0.4) is 0 Å². The molecule has 33 heavy (non-hydrogen) atoms. The molecule has 1 atom stereocenters. The van der Waals surface area contributed by atoms with E-state index in [1.807, 2.05) is 15.9 Å². The van der Waals surface area contributed by atoms with Crippen LogP contribution in [0.2, 0.25) is 0 Å². The number of likely N-dealkylation sites (tertiary alicyclic amines) is 1. The van der Waals surface area contributed by atoms with E-state index < -0.39 is 0 Å². The van der Waals surface area contributed by atoms with Gasteiger partial charge in [0, 0.05) is 29.7 Å². The van der Waals surface area contributed by atoms with Gasteiger partial charge in [-0.1, -0.05) is 13.8 Å². The minimum Gasteiger partial charge on any atom is -0.369 e. The zero-order valence-electron chi connectivity index (χ0n) is 19.4. The van der Waals surface area contributed by atoms with Gasteiger partial charge in [-0.15, -0.1) is 11.3 Å². The molecule has 1 spiro atoms. The van der Waals surface area contributed by atoms with Crippen LogP contribution in [-0.2, 0) is 4.79 Å². The summed E-state index contributed by atoms with van der Waals surface area (Å²) in [5.74, 6) is 0.807. The molecule has 172 valence electrons. The number of nitrogens with two attached hydrogens (primary N) is 1. The number of H-pyrrole nitrogens is 1. The maximum atomic E-state index is 11.2. The molecule has 6 rings (SSSR count). The number of hydrogen-bond acceptors (Lipinski definition) is 5. The Hall–Kier alpha value is -2.71. The number of aromatic amines is 1. The highest BCUT2D eigenvalue weighted by Gasteiger charge is 2.48. The summed E-state index contributed by atoms with van der Waals surface area (Å²) in [4.78, 5) is 23.0. The lowest BCUT2D eigenvalue weighted by molar-refractivity contribution is -0.122. The average Bonchev–Trinajstić information content (AvgIpc) is 3.47. The molecule has 3 N–H and O–H groups in total. The maximum absolute atomic E-state index is 11.2. The number of nitrogens with zero attached hydrogens (tertiary/aromatic N) is 4.